The van der Waals surface area contributed by atoms with E-state index in [4.69, 9.17) is 0 Å². The van der Waals surface area contributed by atoms with Crippen molar-refractivity contribution in [3.05, 3.63) is 32.0 Å². The Labute approximate surface area is 111 Å². The molecule has 0 amide bonds. The first kappa shape index (κ1) is 14.3. The number of thiophene rings is 1. The first-order valence-corrected chi connectivity index (χ1v) is 6.59. The Morgan fingerprint density at radius 1 is 1.47 bits per heavy atom. The van der Waals surface area contributed by atoms with Crippen molar-refractivity contribution >= 4 is 11.3 Å². The number of nitrogens with one attached hydrogen (secondary N) is 1. The fraction of sp³-hybridized carbons (Fsp3) is 0.636. The molecule has 1 aromatic heterocycles. The number of nitro groups is 1. The van der Waals surface area contributed by atoms with E-state index in [0.717, 1.165) is 11.3 Å². The van der Waals surface area contributed by atoms with E-state index in [1.807, 2.05) is 0 Å². The minimum Gasteiger partial charge on any atom is -0.291 e. The largest absolute Gasteiger partial charge is 0.418 e. The normalized spacial score (nSPS) is 19.2. The molecule has 0 unspecified atom stereocenters. The van der Waals surface area contributed by atoms with E-state index in [0.29, 0.717) is 17.7 Å². The van der Waals surface area contributed by atoms with E-state index in [1.54, 1.807) is 13.0 Å². The summed E-state index contributed by atoms with van der Waals surface area (Å²) in [6.45, 7) is 0.492. The van der Waals surface area contributed by atoms with Crippen LogP contribution in [0.2, 0.25) is 0 Å². The highest BCUT2D eigenvalue weighted by molar-refractivity contribution is 7.12. The fourth-order valence-corrected chi connectivity index (χ4v) is 2.97. The van der Waals surface area contributed by atoms with Gasteiger partial charge in [0.1, 0.15) is 0 Å². The average molecular weight is 294 g/mol. The Kier molecular flexibility index (Phi) is 3.57. The molecule has 8 heteroatoms. The fourth-order valence-electron chi connectivity index (χ4n) is 1.94. The van der Waals surface area contributed by atoms with Crippen LogP contribution in [0.25, 0.3) is 0 Å². The van der Waals surface area contributed by atoms with Gasteiger partial charge in [0.05, 0.1) is 0 Å². The molecule has 1 fully saturated rings. The molecule has 0 radical (unpaired) electrons. The second kappa shape index (κ2) is 4.75. The Balaban J connectivity index is 2.46. The molecule has 4 nitrogen and oxygen atoms in total. The van der Waals surface area contributed by atoms with Gasteiger partial charge in [-0.25, -0.2) is 0 Å². The van der Waals surface area contributed by atoms with E-state index in [-0.39, 0.29) is 10.9 Å². The number of halogens is 3. The van der Waals surface area contributed by atoms with E-state index in [9.17, 15) is 23.3 Å². The maximum atomic E-state index is 13.5. The van der Waals surface area contributed by atoms with Gasteiger partial charge in [-0.05, 0) is 31.9 Å². The van der Waals surface area contributed by atoms with Gasteiger partial charge >= 0.3 is 6.18 Å². The number of nitrogens with zero attached hydrogens (tertiary/aromatic N) is 1. The maximum absolute atomic E-state index is 13.5. The third-order valence-electron chi connectivity index (χ3n) is 3.04. The second-order valence-corrected chi connectivity index (χ2v) is 6.01. The summed E-state index contributed by atoms with van der Waals surface area (Å²) in [5.41, 5.74) is -2.57. The number of hydrogen-bond acceptors (Lipinski definition) is 4. The molecule has 0 spiro atoms. The van der Waals surface area contributed by atoms with Crippen LogP contribution in [-0.4, -0.2) is 23.7 Å². The van der Waals surface area contributed by atoms with E-state index in [2.05, 4.69) is 5.32 Å². The van der Waals surface area contributed by atoms with Gasteiger partial charge in [0.25, 0.3) is 0 Å². The van der Waals surface area contributed by atoms with E-state index < -0.39 is 23.2 Å². The number of rotatable bonds is 5. The molecule has 1 atom stereocenters. The number of hydrogen-bond donors (Lipinski definition) is 1. The van der Waals surface area contributed by atoms with Gasteiger partial charge in [-0.3, -0.25) is 15.4 Å². The Hall–Kier alpha value is -1.15. The predicted octanol–water partition coefficient (Wildman–Crippen LogP) is 2.84. The molecule has 0 aromatic carbocycles. The molecule has 0 saturated heterocycles. The highest BCUT2D eigenvalue weighted by Crippen LogP contribution is 2.44. The van der Waals surface area contributed by atoms with Crippen molar-refractivity contribution in [2.75, 3.05) is 6.54 Å². The van der Waals surface area contributed by atoms with E-state index >= 15 is 0 Å². The quantitative estimate of drug-likeness (QED) is 0.671. The van der Waals surface area contributed by atoms with Crippen molar-refractivity contribution in [1.29, 1.82) is 0 Å². The Morgan fingerprint density at radius 3 is 2.47 bits per heavy atom. The van der Waals surface area contributed by atoms with Gasteiger partial charge in [0.2, 0.25) is 12.1 Å². The first-order chi connectivity index (χ1) is 8.74. The van der Waals surface area contributed by atoms with Crippen LogP contribution in [0.4, 0.5) is 13.2 Å². The van der Waals surface area contributed by atoms with Crippen molar-refractivity contribution in [1.82, 2.24) is 5.32 Å². The van der Waals surface area contributed by atoms with Gasteiger partial charge in [-0.15, -0.1) is 11.3 Å². The van der Waals surface area contributed by atoms with Crippen LogP contribution >= 0.6 is 11.3 Å². The highest BCUT2D eigenvalue weighted by Gasteiger charge is 2.62. The lowest BCUT2D eigenvalue weighted by molar-refractivity contribution is -0.504. The SMILES string of the molecule is Cc1ccc([C@](C[N+](=O)[O-])(NC2CC2)C(F)(F)F)s1. The van der Waals surface area contributed by atoms with Gasteiger partial charge in [-0.2, -0.15) is 13.2 Å². The minimum absolute atomic E-state index is 0.0406. The summed E-state index contributed by atoms with van der Waals surface area (Å²) in [7, 11) is 0. The van der Waals surface area contributed by atoms with Crippen LogP contribution in [0.5, 0.6) is 0 Å². The monoisotopic (exact) mass is 294 g/mol. The maximum Gasteiger partial charge on any atom is 0.418 e. The summed E-state index contributed by atoms with van der Waals surface area (Å²) in [6.07, 6.45) is -3.46. The van der Waals surface area contributed by atoms with Gasteiger partial charge < -0.3 is 0 Å². The topological polar surface area (TPSA) is 55.2 Å². The van der Waals surface area contributed by atoms with Crippen molar-refractivity contribution in [3.63, 3.8) is 0 Å². The molecule has 106 valence electrons. The van der Waals surface area contributed by atoms with Gasteiger partial charge in [0.15, 0.2) is 0 Å². The zero-order chi connectivity index (χ0) is 14.3. The predicted molar refractivity (Wildman–Crippen MR) is 64.8 cm³/mol. The lowest BCUT2D eigenvalue weighted by Gasteiger charge is -2.32. The summed E-state index contributed by atoms with van der Waals surface area (Å²) in [5.74, 6) is 0. The third-order valence-corrected chi connectivity index (χ3v) is 4.20. The molecular formula is C11H13F3N2O2S. The molecule has 2 rings (SSSR count). The number of alkyl halides is 3. The van der Waals surface area contributed by atoms with Crippen LogP contribution in [0, 0.1) is 17.0 Å². The van der Waals surface area contributed by atoms with Gasteiger partial charge in [-0.1, -0.05) is 0 Å². The molecule has 0 bridgehead atoms. The van der Waals surface area contributed by atoms with Crippen LogP contribution < -0.4 is 5.32 Å². The summed E-state index contributed by atoms with van der Waals surface area (Å²) in [4.78, 5) is 10.5. The molecule has 19 heavy (non-hydrogen) atoms. The molecule has 1 aliphatic carbocycles. The lowest BCUT2D eigenvalue weighted by Crippen LogP contribution is -2.58. The lowest BCUT2D eigenvalue weighted by atomic mass is 9.96. The summed E-state index contributed by atoms with van der Waals surface area (Å²) in [6, 6.07) is 2.59. The molecule has 1 N–H and O–H groups in total. The number of aryl methyl sites for hydroxylation is 1. The summed E-state index contributed by atoms with van der Waals surface area (Å²) >= 11 is 0.946. The first-order valence-electron chi connectivity index (χ1n) is 5.78. The standard InChI is InChI=1S/C11H13F3N2O2S/c1-7-2-5-9(19-7)10(6-16(17)18,11(12,13)14)15-8-3-4-8/h2,5,8,15H,3-4,6H2,1H3/t10-/m0/s1. The smallest absolute Gasteiger partial charge is 0.291 e. The van der Waals surface area contributed by atoms with Crippen molar-refractivity contribution < 1.29 is 18.1 Å². The molecule has 1 aromatic rings. The Bertz CT molecular complexity index is 485. The highest BCUT2D eigenvalue weighted by atomic mass is 32.1. The van der Waals surface area contributed by atoms with E-state index in [1.165, 1.54) is 6.07 Å². The Morgan fingerprint density at radius 2 is 2.11 bits per heavy atom. The third kappa shape index (κ3) is 2.89. The molecular weight excluding hydrogens is 281 g/mol. The van der Waals surface area contributed by atoms with Crippen LogP contribution in [0.3, 0.4) is 0 Å². The molecule has 1 saturated carbocycles. The summed E-state index contributed by atoms with van der Waals surface area (Å²) in [5, 5.41) is 13.2. The zero-order valence-electron chi connectivity index (χ0n) is 10.2. The molecule has 1 aliphatic rings. The second-order valence-electron chi connectivity index (χ2n) is 4.72. The summed E-state index contributed by atoms with van der Waals surface area (Å²) < 4.78 is 40.4. The van der Waals surface area contributed by atoms with Crippen LogP contribution in [0.1, 0.15) is 22.6 Å². The van der Waals surface area contributed by atoms with Crippen molar-refractivity contribution in [2.24, 2.45) is 0 Å². The van der Waals surface area contributed by atoms with Crippen LogP contribution in [0.15, 0.2) is 12.1 Å². The zero-order valence-corrected chi connectivity index (χ0v) is 11.0. The van der Waals surface area contributed by atoms with Gasteiger partial charge in [0, 0.05) is 20.7 Å². The molecule has 0 aliphatic heterocycles. The van der Waals surface area contributed by atoms with Crippen LogP contribution in [-0.2, 0) is 5.54 Å². The van der Waals surface area contributed by atoms with Crippen molar-refractivity contribution in [2.45, 2.75) is 37.5 Å². The average Bonchev–Trinajstić information content (AvgIpc) is 2.95. The van der Waals surface area contributed by atoms with Crippen molar-refractivity contribution in [3.8, 4) is 0 Å². The molecule has 1 heterocycles. The minimum atomic E-state index is -4.71.